The Balaban J connectivity index is 2.68. The van der Waals surface area contributed by atoms with Gasteiger partial charge in [-0.3, -0.25) is 14.5 Å². The lowest BCUT2D eigenvalue weighted by Gasteiger charge is -2.12. The summed E-state index contributed by atoms with van der Waals surface area (Å²) in [5.41, 5.74) is 2.01. The average Bonchev–Trinajstić information content (AvgIpc) is 2.27. The van der Waals surface area contributed by atoms with Gasteiger partial charge in [-0.1, -0.05) is 25.3 Å². The van der Waals surface area contributed by atoms with Gasteiger partial charge in [0.2, 0.25) is 11.8 Å². The summed E-state index contributed by atoms with van der Waals surface area (Å²) >= 11 is 0. The smallest absolute Gasteiger partial charge is 0.233 e. The topological polar surface area (TPSA) is 37.4 Å². The van der Waals surface area contributed by atoms with Crippen molar-refractivity contribution in [3.8, 4) is 0 Å². The average molecular weight is 197 g/mol. The van der Waals surface area contributed by atoms with Gasteiger partial charge in [0.25, 0.3) is 0 Å². The third-order valence-electron chi connectivity index (χ3n) is 1.81. The molecule has 72 valence electrons. The molecule has 1 heterocycles. The van der Waals surface area contributed by atoms with Gasteiger partial charge < -0.3 is 0 Å². The van der Waals surface area contributed by atoms with Crippen molar-refractivity contribution in [2.24, 2.45) is 0 Å². The molecule has 2 amide bonds. The molecule has 0 saturated carbocycles. The lowest BCUT2D eigenvalue weighted by molar-refractivity contribution is -0.135. The van der Waals surface area contributed by atoms with Crippen LogP contribution in [0.15, 0.2) is 11.9 Å². The van der Waals surface area contributed by atoms with Crippen LogP contribution in [-0.2, 0) is 9.59 Å². The minimum Gasteiger partial charge on any atom is -0.274 e. The Hall–Kier alpha value is -0.903. The van der Waals surface area contributed by atoms with Gasteiger partial charge >= 0.3 is 0 Å². The fourth-order valence-electron chi connectivity index (χ4n) is 1.06. The van der Waals surface area contributed by atoms with Crippen molar-refractivity contribution in [3.05, 3.63) is 11.9 Å². The second-order valence-electron chi connectivity index (χ2n) is 4.34. The van der Waals surface area contributed by atoms with E-state index in [1.165, 1.54) is 4.90 Å². The summed E-state index contributed by atoms with van der Waals surface area (Å²) in [7, 11) is -1.31. The van der Waals surface area contributed by atoms with Gasteiger partial charge in [-0.15, -0.1) is 0 Å². The summed E-state index contributed by atoms with van der Waals surface area (Å²) in [4.78, 5) is 23.6. The van der Waals surface area contributed by atoms with E-state index in [0.29, 0.717) is 12.8 Å². The maximum absolute atomic E-state index is 11.2. The van der Waals surface area contributed by atoms with Crippen molar-refractivity contribution in [2.45, 2.75) is 32.5 Å². The van der Waals surface area contributed by atoms with Crippen LogP contribution in [0.2, 0.25) is 19.6 Å². The standard InChI is InChI=1S/C9H15NO2Si/c1-13(2,3)7-6-10-8(11)4-5-9(10)12/h6-7H,4-5H2,1-3H3/b7-6+. The van der Waals surface area contributed by atoms with Crippen molar-refractivity contribution < 1.29 is 9.59 Å². The lowest BCUT2D eigenvalue weighted by atomic mass is 10.4. The number of carbonyl (C=O) groups is 2. The van der Waals surface area contributed by atoms with E-state index in [0.717, 1.165) is 0 Å². The quantitative estimate of drug-likeness (QED) is 0.497. The Morgan fingerprint density at radius 2 is 1.62 bits per heavy atom. The number of carbonyl (C=O) groups excluding carboxylic acids is 2. The normalized spacial score (nSPS) is 19.2. The zero-order chi connectivity index (χ0) is 10.1. The number of hydrogen-bond donors (Lipinski definition) is 0. The molecule has 1 fully saturated rings. The third-order valence-corrected chi connectivity index (χ3v) is 2.96. The molecule has 3 nitrogen and oxygen atoms in total. The van der Waals surface area contributed by atoms with Gasteiger partial charge in [-0.25, -0.2) is 0 Å². The number of imide groups is 1. The Bertz CT molecular complexity index is 249. The van der Waals surface area contributed by atoms with Crippen molar-refractivity contribution in [2.75, 3.05) is 0 Å². The van der Waals surface area contributed by atoms with Crippen LogP contribution in [0.25, 0.3) is 0 Å². The van der Waals surface area contributed by atoms with Crippen LogP contribution in [0.4, 0.5) is 0 Å². The fraction of sp³-hybridized carbons (Fsp3) is 0.556. The summed E-state index contributed by atoms with van der Waals surface area (Å²) in [6, 6.07) is 0. The molecule has 0 bridgehead atoms. The molecule has 4 heteroatoms. The predicted molar refractivity (Wildman–Crippen MR) is 53.6 cm³/mol. The number of rotatable bonds is 2. The van der Waals surface area contributed by atoms with E-state index < -0.39 is 8.07 Å². The summed E-state index contributed by atoms with van der Waals surface area (Å²) in [6.45, 7) is 6.48. The Morgan fingerprint density at radius 1 is 1.15 bits per heavy atom. The van der Waals surface area contributed by atoms with E-state index in [9.17, 15) is 9.59 Å². The van der Waals surface area contributed by atoms with Crippen LogP contribution in [0, 0.1) is 0 Å². The molecule has 13 heavy (non-hydrogen) atoms. The summed E-state index contributed by atoms with van der Waals surface area (Å²) in [5.74, 6) is -0.140. The van der Waals surface area contributed by atoms with Crippen molar-refractivity contribution in [3.63, 3.8) is 0 Å². The number of nitrogens with zero attached hydrogens (tertiary/aromatic N) is 1. The van der Waals surface area contributed by atoms with E-state index in [1.54, 1.807) is 6.20 Å². The molecular formula is C9H15NO2Si. The molecule has 0 spiro atoms. The molecule has 1 aliphatic heterocycles. The van der Waals surface area contributed by atoms with Crippen LogP contribution in [-0.4, -0.2) is 24.8 Å². The highest BCUT2D eigenvalue weighted by Gasteiger charge is 2.27. The Kier molecular flexibility index (Phi) is 2.70. The molecule has 0 radical (unpaired) electrons. The highest BCUT2D eigenvalue weighted by Crippen LogP contribution is 2.13. The summed E-state index contributed by atoms with van der Waals surface area (Å²) in [5, 5.41) is 0. The summed E-state index contributed by atoms with van der Waals surface area (Å²) in [6.07, 6.45) is 2.40. The van der Waals surface area contributed by atoms with Gasteiger partial charge in [0.05, 0.1) is 8.07 Å². The first-order valence-electron chi connectivity index (χ1n) is 4.44. The van der Waals surface area contributed by atoms with Gasteiger partial charge in [0.15, 0.2) is 0 Å². The zero-order valence-electron chi connectivity index (χ0n) is 8.33. The first kappa shape index (κ1) is 10.2. The van der Waals surface area contributed by atoms with E-state index in [-0.39, 0.29) is 11.8 Å². The molecule has 1 saturated heterocycles. The Morgan fingerprint density at radius 3 is 2.00 bits per heavy atom. The molecular weight excluding hydrogens is 182 g/mol. The SMILES string of the molecule is C[Si](C)(C)/C=C/N1C(=O)CCC1=O. The maximum Gasteiger partial charge on any atom is 0.233 e. The fourth-order valence-corrected chi connectivity index (χ4v) is 1.65. The van der Waals surface area contributed by atoms with Gasteiger partial charge in [-0.2, -0.15) is 0 Å². The highest BCUT2D eigenvalue weighted by atomic mass is 28.3. The molecule has 0 aliphatic carbocycles. The lowest BCUT2D eigenvalue weighted by Crippen LogP contribution is -2.25. The van der Waals surface area contributed by atoms with E-state index in [1.807, 2.05) is 5.70 Å². The van der Waals surface area contributed by atoms with E-state index >= 15 is 0 Å². The molecule has 0 atom stereocenters. The van der Waals surface area contributed by atoms with E-state index in [2.05, 4.69) is 19.6 Å². The number of likely N-dealkylation sites (tertiary alicyclic amines) is 1. The molecule has 0 unspecified atom stereocenters. The minimum absolute atomic E-state index is 0.0699. The van der Waals surface area contributed by atoms with Crippen LogP contribution in [0.1, 0.15) is 12.8 Å². The molecule has 1 rings (SSSR count). The van der Waals surface area contributed by atoms with Crippen molar-refractivity contribution in [1.29, 1.82) is 0 Å². The molecule has 0 aromatic rings. The largest absolute Gasteiger partial charge is 0.274 e. The number of hydrogen-bond acceptors (Lipinski definition) is 2. The summed E-state index contributed by atoms with van der Waals surface area (Å²) < 4.78 is 0. The van der Waals surface area contributed by atoms with Crippen molar-refractivity contribution in [1.82, 2.24) is 4.90 Å². The molecule has 0 aromatic carbocycles. The van der Waals surface area contributed by atoms with Gasteiger partial charge in [0, 0.05) is 19.0 Å². The second-order valence-corrected chi connectivity index (χ2v) is 9.40. The van der Waals surface area contributed by atoms with Crippen LogP contribution in [0.3, 0.4) is 0 Å². The van der Waals surface area contributed by atoms with Crippen molar-refractivity contribution >= 4 is 19.9 Å². The van der Waals surface area contributed by atoms with Crippen LogP contribution in [0.5, 0.6) is 0 Å². The van der Waals surface area contributed by atoms with Gasteiger partial charge in [0.1, 0.15) is 0 Å². The predicted octanol–water partition coefficient (Wildman–Crippen LogP) is 1.53. The monoisotopic (exact) mass is 197 g/mol. The van der Waals surface area contributed by atoms with Crippen LogP contribution >= 0.6 is 0 Å². The molecule has 1 aliphatic rings. The maximum atomic E-state index is 11.2. The first-order chi connectivity index (χ1) is 5.90. The van der Waals surface area contributed by atoms with E-state index in [4.69, 9.17) is 0 Å². The number of amides is 2. The minimum atomic E-state index is -1.31. The highest BCUT2D eigenvalue weighted by molar-refractivity contribution is 6.80. The molecule has 0 N–H and O–H groups in total. The first-order valence-corrected chi connectivity index (χ1v) is 8.02. The third kappa shape index (κ3) is 2.80. The molecule has 0 aromatic heterocycles. The zero-order valence-corrected chi connectivity index (χ0v) is 9.33. The Labute approximate surface area is 79.4 Å². The second kappa shape index (κ2) is 3.45. The van der Waals surface area contributed by atoms with Crippen LogP contribution < -0.4 is 0 Å². The van der Waals surface area contributed by atoms with Gasteiger partial charge in [-0.05, 0) is 0 Å².